The molecule has 2 rings (SSSR count). The summed E-state index contributed by atoms with van der Waals surface area (Å²) in [6.07, 6.45) is 8.86. The monoisotopic (exact) mass is 248 g/mol. The van der Waals surface area contributed by atoms with Crippen LogP contribution in [0.25, 0.3) is 0 Å². The van der Waals surface area contributed by atoms with Gasteiger partial charge in [0.1, 0.15) is 18.0 Å². The molecule has 1 aromatic rings. The summed E-state index contributed by atoms with van der Waals surface area (Å²) in [4.78, 5) is 8.76. The molecule has 1 fully saturated rings. The Morgan fingerprint density at radius 3 is 2.50 bits per heavy atom. The quantitative estimate of drug-likeness (QED) is 0.840. The molecule has 0 saturated heterocycles. The first kappa shape index (κ1) is 13.1. The molecular formula is C14H24N4. The second-order valence-electron chi connectivity index (χ2n) is 5.44. The zero-order chi connectivity index (χ0) is 13.0. The number of anilines is 2. The van der Waals surface area contributed by atoms with Crippen LogP contribution in [0.4, 0.5) is 11.6 Å². The van der Waals surface area contributed by atoms with Crippen LogP contribution in [0.5, 0.6) is 0 Å². The van der Waals surface area contributed by atoms with Gasteiger partial charge in [-0.1, -0.05) is 26.2 Å². The smallest absolute Gasteiger partial charge is 0.135 e. The molecule has 1 saturated carbocycles. The Bertz CT molecular complexity index is 397. The average Bonchev–Trinajstić information content (AvgIpc) is 2.78. The van der Waals surface area contributed by atoms with Crippen molar-refractivity contribution in [3.8, 4) is 0 Å². The zero-order valence-corrected chi connectivity index (χ0v) is 11.7. The lowest BCUT2D eigenvalue weighted by Gasteiger charge is -2.27. The fourth-order valence-electron chi connectivity index (χ4n) is 2.79. The predicted octanol–water partition coefficient (Wildman–Crippen LogP) is 3.22. The molecule has 1 aliphatic carbocycles. The third-order valence-electron chi connectivity index (χ3n) is 3.81. The second-order valence-corrected chi connectivity index (χ2v) is 5.44. The van der Waals surface area contributed by atoms with Crippen molar-refractivity contribution < 1.29 is 0 Å². The van der Waals surface area contributed by atoms with Crippen molar-refractivity contribution in [1.29, 1.82) is 0 Å². The van der Waals surface area contributed by atoms with Gasteiger partial charge < -0.3 is 10.6 Å². The summed E-state index contributed by atoms with van der Waals surface area (Å²) in [5.41, 5.74) is 1.43. The van der Waals surface area contributed by atoms with Crippen molar-refractivity contribution in [3.05, 3.63) is 11.9 Å². The van der Waals surface area contributed by atoms with E-state index in [-0.39, 0.29) is 5.54 Å². The molecule has 0 aromatic carbocycles. The highest BCUT2D eigenvalue weighted by atomic mass is 15.1. The van der Waals surface area contributed by atoms with E-state index in [9.17, 15) is 0 Å². The second kappa shape index (κ2) is 5.55. The Hall–Kier alpha value is -1.32. The van der Waals surface area contributed by atoms with Crippen molar-refractivity contribution in [2.75, 3.05) is 17.7 Å². The van der Waals surface area contributed by atoms with Gasteiger partial charge in [-0.2, -0.15) is 0 Å². The Kier molecular flexibility index (Phi) is 4.04. The number of hydrogen-bond donors (Lipinski definition) is 2. The van der Waals surface area contributed by atoms with Crippen LogP contribution in [-0.4, -0.2) is 22.6 Å². The number of rotatable bonds is 5. The minimum atomic E-state index is 0.210. The number of aromatic nitrogens is 2. The van der Waals surface area contributed by atoms with Crippen LogP contribution in [0.3, 0.4) is 0 Å². The van der Waals surface area contributed by atoms with Gasteiger partial charge in [-0.25, -0.2) is 9.97 Å². The first-order valence-corrected chi connectivity index (χ1v) is 6.98. The van der Waals surface area contributed by atoms with Gasteiger partial charge >= 0.3 is 0 Å². The normalized spacial score (nSPS) is 17.7. The number of hydrogen-bond acceptors (Lipinski definition) is 4. The Balaban J connectivity index is 2.25. The predicted molar refractivity (Wildman–Crippen MR) is 76.1 cm³/mol. The SMILES string of the molecule is CCCc1c(NC)ncnc1NC1(C)CCCC1. The lowest BCUT2D eigenvalue weighted by Crippen LogP contribution is -2.32. The van der Waals surface area contributed by atoms with E-state index in [1.165, 1.54) is 31.2 Å². The molecule has 0 bridgehead atoms. The third kappa shape index (κ3) is 2.74. The first-order chi connectivity index (χ1) is 8.68. The highest BCUT2D eigenvalue weighted by Gasteiger charge is 2.29. The minimum Gasteiger partial charge on any atom is -0.373 e. The van der Waals surface area contributed by atoms with Crippen LogP contribution in [0, 0.1) is 0 Å². The fraction of sp³-hybridized carbons (Fsp3) is 0.714. The van der Waals surface area contributed by atoms with E-state index < -0.39 is 0 Å². The molecular weight excluding hydrogens is 224 g/mol. The van der Waals surface area contributed by atoms with Gasteiger partial charge in [-0.3, -0.25) is 0 Å². The maximum atomic E-state index is 4.45. The Morgan fingerprint density at radius 1 is 1.22 bits per heavy atom. The van der Waals surface area contributed by atoms with Gasteiger partial charge in [0.15, 0.2) is 0 Å². The molecule has 0 atom stereocenters. The molecule has 1 heterocycles. The van der Waals surface area contributed by atoms with Crippen molar-refractivity contribution >= 4 is 11.6 Å². The lowest BCUT2D eigenvalue weighted by molar-refractivity contribution is 0.530. The molecule has 0 aliphatic heterocycles. The molecule has 0 amide bonds. The van der Waals surface area contributed by atoms with Crippen LogP contribution >= 0.6 is 0 Å². The zero-order valence-electron chi connectivity index (χ0n) is 11.7. The van der Waals surface area contributed by atoms with E-state index >= 15 is 0 Å². The van der Waals surface area contributed by atoms with Gasteiger partial charge in [0, 0.05) is 18.2 Å². The summed E-state index contributed by atoms with van der Waals surface area (Å²) in [5, 5.41) is 6.82. The van der Waals surface area contributed by atoms with Gasteiger partial charge in [0.25, 0.3) is 0 Å². The number of nitrogens with zero attached hydrogens (tertiary/aromatic N) is 2. The van der Waals surface area contributed by atoms with Crippen LogP contribution in [-0.2, 0) is 6.42 Å². The van der Waals surface area contributed by atoms with Crippen LogP contribution in [0.15, 0.2) is 6.33 Å². The van der Waals surface area contributed by atoms with Crippen LogP contribution in [0.1, 0.15) is 51.5 Å². The van der Waals surface area contributed by atoms with Gasteiger partial charge in [-0.15, -0.1) is 0 Å². The average molecular weight is 248 g/mol. The van der Waals surface area contributed by atoms with E-state index in [1.54, 1.807) is 6.33 Å². The third-order valence-corrected chi connectivity index (χ3v) is 3.81. The highest BCUT2D eigenvalue weighted by Crippen LogP contribution is 2.34. The Morgan fingerprint density at radius 2 is 1.89 bits per heavy atom. The van der Waals surface area contributed by atoms with Crippen molar-refractivity contribution in [2.24, 2.45) is 0 Å². The van der Waals surface area contributed by atoms with Crippen molar-refractivity contribution in [1.82, 2.24) is 9.97 Å². The summed E-state index contributed by atoms with van der Waals surface area (Å²) in [5.74, 6) is 1.97. The van der Waals surface area contributed by atoms with Crippen LogP contribution < -0.4 is 10.6 Å². The van der Waals surface area contributed by atoms with Gasteiger partial charge in [0.2, 0.25) is 0 Å². The topological polar surface area (TPSA) is 49.8 Å². The number of nitrogens with one attached hydrogen (secondary N) is 2. The molecule has 18 heavy (non-hydrogen) atoms. The standard InChI is InChI=1S/C14H24N4/c1-4-7-11-12(15-3)16-10-17-13(11)18-14(2)8-5-6-9-14/h10H,4-9H2,1-3H3,(H2,15,16,17,18). The molecule has 1 aromatic heterocycles. The maximum absolute atomic E-state index is 4.45. The molecule has 1 aliphatic rings. The molecule has 4 nitrogen and oxygen atoms in total. The molecule has 0 radical (unpaired) electrons. The van der Waals surface area contributed by atoms with Crippen molar-refractivity contribution in [2.45, 2.75) is 57.9 Å². The summed E-state index contributed by atoms with van der Waals surface area (Å²) in [7, 11) is 1.92. The lowest BCUT2D eigenvalue weighted by atomic mass is 10.00. The minimum absolute atomic E-state index is 0.210. The summed E-state index contributed by atoms with van der Waals surface area (Å²) in [6.45, 7) is 4.49. The van der Waals surface area contributed by atoms with E-state index in [4.69, 9.17) is 0 Å². The largest absolute Gasteiger partial charge is 0.373 e. The van der Waals surface area contributed by atoms with Crippen LogP contribution in [0.2, 0.25) is 0 Å². The summed E-state index contributed by atoms with van der Waals surface area (Å²) >= 11 is 0. The molecule has 0 spiro atoms. The van der Waals surface area contributed by atoms with E-state index in [0.717, 1.165) is 24.5 Å². The van der Waals surface area contributed by atoms with E-state index in [2.05, 4.69) is 34.4 Å². The first-order valence-electron chi connectivity index (χ1n) is 6.98. The van der Waals surface area contributed by atoms with Gasteiger partial charge in [0.05, 0.1) is 0 Å². The molecule has 100 valence electrons. The van der Waals surface area contributed by atoms with Crippen molar-refractivity contribution in [3.63, 3.8) is 0 Å². The fourth-order valence-corrected chi connectivity index (χ4v) is 2.79. The summed E-state index contributed by atoms with van der Waals surface area (Å²) in [6, 6.07) is 0. The van der Waals surface area contributed by atoms with Gasteiger partial charge in [-0.05, 0) is 26.2 Å². The molecule has 4 heteroatoms. The molecule has 0 unspecified atom stereocenters. The molecule has 2 N–H and O–H groups in total. The highest BCUT2D eigenvalue weighted by molar-refractivity contribution is 5.58. The van der Waals surface area contributed by atoms with E-state index in [0.29, 0.717) is 0 Å². The summed E-state index contributed by atoms with van der Waals surface area (Å²) < 4.78 is 0. The maximum Gasteiger partial charge on any atom is 0.135 e. The Labute approximate surface area is 110 Å². The van der Waals surface area contributed by atoms with E-state index in [1.807, 2.05) is 7.05 Å².